The number of hydrogen-bond donors (Lipinski definition) is 1. The predicted octanol–water partition coefficient (Wildman–Crippen LogP) is 2.83. The number of carbonyl (C=O) groups excluding carboxylic acids is 1. The van der Waals surface area contributed by atoms with Crippen LogP contribution in [-0.4, -0.2) is 30.8 Å². The van der Waals surface area contributed by atoms with E-state index in [-0.39, 0.29) is 17.6 Å². The fraction of sp³-hybridized carbons (Fsp3) is 0.368. The third kappa shape index (κ3) is 3.06. The van der Waals surface area contributed by atoms with Crippen molar-refractivity contribution >= 4 is 5.78 Å². The molecule has 1 aromatic carbocycles. The van der Waals surface area contributed by atoms with Crippen LogP contribution >= 0.6 is 0 Å². The maximum absolute atomic E-state index is 12.5. The van der Waals surface area contributed by atoms with Gasteiger partial charge < -0.3 is 9.63 Å². The first kappa shape index (κ1) is 16.7. The Hall–Kier alpha value is -2.80. The van der Waals surface area contributed by atoms with Crippen molar-refractivity contribution in [2.75, 3.05) is 0 Å². The van der Waals surface area contributed by atoms with Gasteiger partial charge in [-0.1, -0.05) is 17.3 Å². The topological polar surface area (TPSA) is 94.0 Å². The van der Waals surface area contributed by atoms with Crippen LogP contribution in [0.1, 0.15) is 59.2 Å². The van der Waals surface area contributed by atoms with Crippen molar-refractivity contribution in [3.63, 3.8) is 0 Å². The molecule has 3 aromatic rings. The summed E-state index contributed by atoms with van der Waals surface area (Å²) in [7, 11) is 1.81. The first-order valence-corrected chi connectivity index (χ1v) is 8.68. The van der Waals surface area contributed by atoms with Crippen LogP contribution < -0.4 is 0 Å². The molecule has 7 nitrogen and oxygen atoms in total. The van der Waals surface area contributed by atoms with E-state index >= 15 is 0 Å². The highest BCUT2D eigenvalue weighted by molar-refractivity contribution is 5.96. The first-order valence-electron chi connectivity index (χ1n) is 8.68. The minimum atomic E-state index is -0.784. The average Bonchev–Trinajstić information content (AvgIpc) is 3.34. The van der Waals surface area contributed by atoms with Gasteiger partial charge in [-0.05, 0) is 42.9 Å². The minimum Gasteiger partial charge on any atom is -0.384 e. The van der Waals surface area contributed by atoms with Crippen molar-refractivity contribution in [2.45, 2.75) is 38.2 Å². The van der Waals surface area contributed by atoms with Crippen LogP contribution in [0.3, 0.4) is 0 Å². The monoisotopic (exact) mass is 352 g/mol. The van der Waals surface area contributed by atoms with Crippen molar-refractivity contribution < 1.29 is 14.4 Å². The Kier molecular flexibility index (Phi) is 4.16. The van der Waals surface area contributed by atoms with Crippen molar-refractivity contribution in [1.29, 1.82) is 0 Å². The summed E-state index contributed by atoms with van der Waals surface area (Å²) < 4.78 is 6.71. The van der Waals surface area contributed by atoms with Gasteiger partial charge in [0.15, 0.2) is 5.78 Å². The number of ketones is 1. The van der Waals surface area contributed by atoms with Crippen molar-refractivity contribution in [2.24, 2.45) is 7.05 Å². The second-order valence-electron chi connectivity index (χ2n) is 6.81. The Morgan fingerprint density at radius 3 is 3.00 bits per heavy atom. The molecule has 134 valence electrons. The Morgan fingerprint density at radius 2 is 2.31 bits per heavy atom. The third-order valence-electron chi connectivity index (χ3n) is 4.86. The molecule has 0 aliphatic heterocycles. The van der Waals surface area contributed by atoms with Crippen LogP contribution in [0.4, 0.5) is 0 Å². The van der Waals surface area contributed by atoms with Gasteiger partial charge in [0.25, 0.3) is 5.89 Å². The number of carbonyl (C=O) groups is 1. The van der Waals surface area contributed by atoms with Gasteiger partial charge in [-0.15, -0.1) is 0 Å². The summed E-state index contributed by atoms with van der Waals surface area (Å²) in [6, 6.07) is 6.06. The molecule has 4 rings (SSSR count). The van der Waals surface area contributed by atoms with Crippen LogP contribution in [0.2, 0.25) is 0 Å². The summed E-state index contributed by atoms with van der Waals surface area (Å²) in [4.78, 5) is 16.7. The van der Waals surface area contributed by atoms with E-state index in [1.54, 1.807) is 24.0 Å². The molecule has 2 atom stereocenters. The lowest BCUT2D eigenvalue weighted by atomic mass is 9.93. The van der Waals surface area contributed by atoms with Crippen LogP contribution in [0.25, 0.3) is 11.4 Å². The number of hydrogen-bond acceptors (Lipinski definition) is 6. The number of benzene rings is 1. The molecule has 0 unspecified atom stereocenters. The molecule has 0 saturated carbocycles. The molecule has 0 radical (unpaired) electrons. The summed E-state index contributed by atoms with van der Waals surface area (Å²) in [6.45, 7) is 1.59. The summed E-state index contributed by atoms with van der Waals surface area (Å²) in [5, 5.41) is 17.5. The number of fused-ring (bicyclic) bond motifs is 1. The summed E-state index contributed by atoms with van der Waals surface area (Å²) in [5.74, 6) is 1.03. The Labute approximate surface area is 150 Å². The van der Waals surface area contributed by atoms with Gasteiger partial charge in [0.1, 0.15) is 6.10 Å². The molecule has 0 bridgehead atoms. The Morgan fingerprint density at radius 1 is 1.46 bits per heavy atom. The standard InChI is InChI=1S/C19H20N4O3/c1-11(24)19-21-18(22-26-19)14-5-6-16-12(7-14)3-4-13(16)8-17(25)15-9-20-23(2)10-15/h5-7,9-11,13,24H,3-4,8H2,1-2H3/t11-,13+/m1/s1. The minimum absolute atomic E-state index is 0.125. The molecule has 2 heterocycles. The largest absolute Gasteiger partial charge is 0.384 e. The lowest BCUT2D eigenvalue weighted by Gasteiger charge is -2.10. The quantitative estimate of drug-likeness (QED) is 0.710. The normalized spacial score (nSPS) is 17.3. The molecule has 1 aliphatic rings. The van der Waals surface area contributed by atoms with E-state index in [0.717, 1.165) is 18.4 Å². The molecule has 26 heavy (non-hydrogen) atoms. The van der Waals surface area contributed by atoms with Gasteiger partial charge in [0, 0.05) is 25.2 Å². The second-order valence-corrected chi connectivity index (χ2v) is 6.81. The average molecular weight is 352 g/mol. The lowest BCUT2D eigenvalue weighted by molar-refractivity contribution is 0.0973. The number of aliphatic hydroxyl groups is 1. The van der Waals surface area contributed by atoms with E-state index < -0.39 is 6.10 Å². The van der Waals surface area contributed by atoms with Crippen LogP contribution in [0.5, 0.6) is 0 Å². The molecular weight excluding hydrogens is 332 g/mol. The van der Waals surface area contributed by atoms with Crippen LogP contribution in [0, 0.1) is 0 Å². The molecular formula is C19H20N4O3. The smallest absolute Gasteiger partial charge is 0.255 e. The maximum atomic E-state index is 12.5. The third-order valence-corrected chi connectivity index (χ3v) is 4.86. The summed E-state index contributed by atoms with van der Waals surface area (Å²) >= 11 is 0. The summed E-state index contributed by atoms with van der Waals surface area (Å²) in [5.41, 5.74) is 3.95. The van der Waals surface area contributed by atoms with Gasteiger partial charge >= 0.3 is 0 Å². The van der Waals surface area contributed by atoms with E-state index in [0.29, 0.717) is 17.8 Å². The first-order chi connectivity index (χ1) is 12.5. The van der Waals surface area contributed by atoms with Gasteiger partial charge in [0.05, 0.1) is 11.8 Å². The second kappa shape index (κ2) is 6.49. The zero-order valence-electron chi connectivity index (χ0n) is 14.7. The molecule has 0 spiro atoms. The predicted molar refractivity (Wildman–Crippen MR) is 93.6 cm³/mol. The number of aryl methyl sites for hydroxylation is 2. The van der Waals surface area contributed by atoms with Crippen molar-refractivity contribution in [3.05, 3.63) is 53.2 Å². The number of aliphatic hydroxyl groups excluding tert-OH is 1. The van der Waals surface area contributed by atoms with Gasteiger partial charge in [-0.2, -0.15) is 10.1 Å². The van der Waals surface area contributed by atoms with Gasteiger partial charge in [0.2, 0.25) is 5.82 Å². The zero-order valence-corrected chi connectivity index (χ0v) is 14.7. The highest BCUT2D eigenvalue weighted by Gasteiger charge is 2.26. The molecule has 1 N–H and O–H groups in total. The van der Waals surface area contributed by atoms with Gasteiger partial charge in [-0.3, -0.25) is 9.48 Å². The Bertz CT molecular complexity index is 957. The number of nitrogens with zero attached hydrogens (tertiary/aromatic N) is 4. The maximum Gasteiger partial charge on any atom is 0.255 e. The van der Waals surface area contributed by atoms with E-state index in [1.165, 1.54) is 11.1 Å². The molecule has 0 fully saturated rings. The summed E-state index contributed by atoms with van der Waals surface area (Å²) in [6.07, 6.45) is 4.97. The van der Waals surface area contributed by atoms with Gasteiger partial charge in [-0.25, -0.2) is 0 Å². The number of rotatable bonds is 5. The molecule has 1 aliphatic carbocycles. The number of aromatic nitrogens is 4. The fourth-order valence-electron chi connectivity index (χ4n) is 3.49. The molecule has 0 saturated heterocycles. The lowest BCUT2D eigenvalue weighted by Crippen LogP contribution is -2.04. The van der Waals surface area contributed by atoms with Crippen molar-refractivity contribution in [3.8, 4) is 11.4 Å². The number of Topliss-reactive ketones (excluding diaryl/α,β-unsaturated/α-hetero) is 1. The van der Waals surface area contributed by atoms with Crippen molar-refractivity contribution in [1.82, 2.24) is 19.9 Å². The fourth-order valence-corrected chi connectivity index (χ4v) is 3.49. The van der Waals surface area contributed by atoms with Crippen LogP contribution in [-0.2, 0) is 13.5 Å². The highest BCUT2D eigenvalue weighted by atomic mass is 16.5. The highest BCUT2D eigenvalue weighted by Crippen LogP contribution is 2.38. The molecule has 0 amide bonds. The van der Waals surface area contributed by atoms with E-state index in [2.05, 4.69) is 27.4 Å². The van der Waals surface area contributed by atoms with E-state index in [1.807, 2.05) is 13.1 Å². The SMILES string of the molecule is C[C@@H](O)c1nc(-c2ccc3c(c2)CC[C@H]3CC(=O)c2cnn(C)c2)no1. The van der Waals surface area contributed by atoms with E-state index in [9.17, 15) is 9.90 Å². The zero-order chi connectivity index (χ0) is 18.3. The van der Waals surface area contributed by atoms with E-state index in [4.69, 9.17) is 4.52 Å². The molecule has 2 aromatic heterocycles. The van der Waals surface area contributed by atoms with Crippen LogP contribution in [0.15, 0.2) is 35.1 Å². The molecule has 7 heteroatoms. The Balaban J connectivity index is 1.53.